The highest BCUT2D eigenvalue weighted by Gasteiger charge is 2.43. The molecule has 0 bridgehead atoms. The van der Waals surface area contributed by atoms with Gasteiger partial charge in [0, 0.05) is 31.6 Å². The minimum atomic E-state index is -1.09. The number of ether oxygens (including phenoxy) is 3. The van der Waals surface area contributed by atoms with Crippen molar-refractivity contribution in [2.45, 2.75) is 38.3 Å². The lowest BCUT2D eigenvalue weighted by Crippen LogP contribution is -2.60. The van der Waals surface area contributed by atoms with Gasteiger partial charge in [0.25, 0.3) is 5.91 Å². The van der Waals surface area contributed by atoms with E-state index in [1.165, 1.54) is 14.0 Å². The van der Waals surface area contributed by atoms with E-state index < -0.39 is 23.5 Å². The molecule has 1 aliphatic heterocycles. The van der Waals surface area contributed by atoms with Crippen LogP contribution in [0.1, 0.15) is 37.0 Å². The summed E-state index contributed by atoms with van der Waals surface area (Å²) in [7, 11) is 1.29. The lowest BCUT2D eigenvalue weighted by Gasteiger charge is -2.35. The molecule has 2 rings (SSSR count). The second kappa shape index (κ2) is 8.11. The third-order valence-electron chi connectivity index (χ3n) is 4.21. The molecule has 7 heteroatoms. The molecule has 1 aromatic carbocycles. The Hall–Kier alpha value is -2.41. The lowest BCUT2D eigenvalue weighted by molar-refractivity contribution is -0.156. The topological polar surface area (TPSA) is 90.9 Å². The molecule has 25 heavy (non-hydrogen) atoms. The van der Waals surface area contributed by atoms with E-state index in [0.29, 0.717) is 37.4 Å². The van der Waals surface area contributed by atoms with Crippen LogP contribution in [0.15, 0.2) is 24.3 Å². The van der Waals surface area contributed by atoms with Gasteiger partial charge in [-0.15, -0.1) is 0 Å². The number of ketones is 1. The van der Waals surface area contributed by atoms with E-state index in [-0.39, 0.29) is 5.78 Å². The van der Waals surface area contributed by atoms with Crippen molar-refractivity contribution in [2.75, 3.05) is 20.3 Å². The molecule has 0 radical (unpaired) electrons. The second-order valence-corrected chi connectivity index (χ2v) is 6.02. The van der Waals surface area contributed by atoms with Crippen molar-refractivity contribution in [3.05, 3.63) is 29.8 Å². The minimum Gasteiger partial charge on any atom is -0.481 e. The van der Waals surface area contributed by atoms with E-state index in [1.807, 2.05) is 0 Å². The van der Waals surface area contributed by atoms with Crippen LogP contribution in [0.2, 0.25) is 0 Å². The number of nitrogens with one attached hydrogen (secondary N) is 1. The Morgan fingerprint density at radius 2 is 1.92 bits per heavy atom. The summed E-state index contributed by atoms with van der Waals surface area (Å²) in [5.41, 5.74) is -0.594. The van der Waals surface area contributed by atoms with Gasteiger partial charge in [0.2, 0.25) is 0 Å². The van der Waals surface area contributed by atoms with E-state index in [9.17, 15) is 14.4 Å². The summed E-state index contributed by atoms with van der Waals surface area (Å²) >= 11 is 0. The van der Waals surface area contributed by atoms with Crippen LogP contribution in [0, 0.1) is 0 Å². The highest BCUT2D eigenvalue weighted by molar-refractivity contribution is 5.94. The zero-order valence-corrected chi connectivity index (χ0v) is 14.7. The van der Waals surface area contributed by atoms with Crippen molar-refractivity contribution in [3.8, 4) is 5.75 Å². The standard InChI is InChI=1S/C18H23NO6/c1-12(20)14-5-4-6-15(11-14)25-13(2)16(21)19-18(17(22)23-3)7-9-24-10-8-18/h4-6,11,13H,7-10H2,1-3H3,(H,19,21)/t13-/m1/s1. The van der Waals surface area contributed by atoms with Gasteiger partial charge in [0.15, 0.2) is 11.9 Å². The Morgan fingerprint density at radius 1 is 1.24 bits per heavy atom. The van der Waals surface area contributed by atoms with Gasteiger partial charge in [-0.3, -0.25) is 9.59 Å². The van der Waals surface area contributed by atoms with Gasteiger partial charge in [-0.1, -0.05) is 12.1 Å². The summed E-state index contributed by atoms with van der Waals surface area (Å²) < 4.78 is 15.7. The highest BCUT2D eigenvalue weighted by Crippen LogP contribution is 2.23. The number of esters is 1. The predicted octanol–water partition coefficient (Wildman–Crippen LogP) is 1.49. The van der Waals surface area contributed by atoms with Crippen LogP contribution in [-0.2, 0) is 19.1 Å². The Kier molecular flexibility index (Phi) is 6.14. The van der Waals surface area contributed by atoms with Gasteiger partial charge in [-0.25, -0.2) is 4.79 Å². The van der Waals surface area contributed by atoms with Crippen LogP contribution >= 0.6 is 0 Å². The molecule has 7 nitrogen and oxygen atoms in total. The maximum Gasteiger partial charge on any atom is 0.331 e. The number of benzene rings is 1. The number of carbonyl (C=O) groups is 3. The van der Waals surface area contributed by atoms with Crippen molar-refractivity contribution < 1.29 is 28.6 Å². The Morgan fingerprint density at radius 3 is 2.52 bits per heavy atom. The van der Waals surface area contributed by atoms with Gasteiger partial charge in [0.1, 0.15) is 11.3 Å². The van der Waals surface area contributed by atoms with E-state index in [1.54, 1.807) is 31.2 Å². The van der Waals surface area contributed by atoms with Gasteiger partial charge in [-0.2, -0.15) is 0 Å². The monoisotopic (exact) mass is 349 g/mol. The van der Waals surface area contributed by atoms with Crippen LogP contribution in [0.3, 0.4) is 0 Å². The summed E-state index contributed by atoms with van der Waals surface area (Å²) in [6.07, 6.45) is -0.151. The van der Waals surface area contributed by atoms with Crippen LogP contribution in [0.5, 0.6) is 5.75 Å². The fourth-order valence-electron chi connectivity index (χ4n) is 2.68. The van der Waals surface area contributed by atoms with Crippen molar-refractivity contribution in [1.29, 1.82) is 0 Å². The van der Waals surface area contributed by atoms with Gasteiger partial charge in [-0.05, 0) is 26.0 Å². The molecule has 1 fully saturated rings. The second-order valence-electron chi connectivity index (χ2n) is 6.02. The van der Waals surface area contributed by atoms with Gasteiger partial charge >= 0.3 is 5.97 Å². The van der Waals surface area contributed by atoms with E-state index in [4.69, 9.17) is 14.2 Å². The summed E-state index contributed by atoms with van der Waals surface area (Å²) in [5, 5.41) is 2.76. The predicted molar refractivity (Wildman–Crippen MR) is 89.5 cm³/mol. The summed E-state index contributed by atoms with van der Waals surface area (Å²) in [4.78, 5) is 36.1. The molecule has 1 N–H and O–H groups in total. The smallest absolute Gasteiger partial charge is 0.331 e. The Balaban J connectivity index is 2.07. The number of rotatable bonds is 6. The molecule has 0 aliphatic carbocycles. The number of hydrogen-bond acceptors (Lipinski definition) is 6. The lowest BCUT2D eigenvalue weighted by atomic mass is 9.89. The number of methoxy groups -OCH3 is 1. The first-order chi connectivity index (χ1) is 11.9. The average Bonchev–Trinajstić information content (AvgIpc) is 2.61. The van der Waals surface area contributed by atoms with Crippen molar-refractivity contribution >= 4 is 17.7 Å². The molecular weight excluding hydrogens is 326 g/mol. The fourth-order valence-corrected chi connectivity index (χ4v) is 2.68. The van der Waals surface area contributed by atoms with Crippen LogP contribution in [0.25, 0.3) is 0 Å². The zero-order chi connectivity index (χ0) is 18.4. The van der Waals surface area contributed by atoms with Crippen LogP contribution < -0.4 is 10.1 Å². The summed E-state index contributed by atoms with van der Waals surface area (Å²) in [6, 6.07) is 6.61. The molecule has 0 unspecified atom stereocenters. The Bertz CT molecular complexity index is 651. The SMILES string of the molecule is COC(=O)C1(NC(=O)[C@@H](C)Oc2cccc(C(C)=O)c2)CCOCC1. The third-order valence-corrected chi connectivity index (χ3v) is 4.21. The van der Waals surface area contributed by atoms with E-state index in [0.717, 1.165) is 0 Å². The first-order valence-corrected chi connectivity index (χ1v) is 8.14. The minimum absolute atomic E-state index is 0.0885. The number of Topliss-reactive ketones (excluding diaryl/α,β-unsaturated/α-hetero) is 1. The maximum absolute atomic E-state index is 12.5. The molecule has 1 aliphatic rings. The molecular formula is C18H23NO6. The van der Waals surface area contributed by atoms with Crippen molar-refractivity contribution in [2.24, 2.45) is 0 Å². The molecule has 1 atom stereocenters. The maximum atomic E-state index is 12.5. The molecule has 1 aromatic rings. The number of carbonyl (C=O) groups excluding carboxylic acids is 3. The number of amides is 1. The van der Waals surface area contributed by atoms with Gasteiger partial charge in [0.05, 0.1) is 7.11 Å². The first-order valence-electron chi connectivity index (χ1n) is 8.14. The Labute approximate surface area is 146 Å². The molecule has 1 amide bonds. The summed E-state index contributed by atoms with van der Waals surface area (Å²) in [6.45, 7) is 3.77. The van der Waals surface area contributed by atoms with Crippen LogP contribution in [0.4, 0.5) is 0 Å². The summed E-state index contributed by atoms with van der Waals surface area (Å²) in [5.74, 6) is -0.598. The molecule has 1 heterocycles. The zero-order valence-electron chi connectivity index (χ0n) is 14.7. The van der Waals surface area contributed by atoms with Crippen molar-refractivity contribution in [1.82, 2.24) is 5.32 Å². The molecule has 0 saturated carbocycles. The molecule has 1 saturated heterocycles. The third kappa shape index (κ3) is 4.57. The van der Waals surface area contributed by atoms with Gasteiger partial charge < -0.3 is 19.5 Å². The van der Waals surface area contributed by atoms with Crippen molar-refractivity contribution in [3.63, 3.8) is 0 Å². The fraction of sp³-hybridized carbons (Fsp3) is 0.500. The average molecular weight is 349 g/mol. The molecule has 136 valence electrons. The largest absolute Gasteiger partial charge is 0.481 e. The normalized spacial score (nSPS) is 17.2. The highest BCUT2D eigenvalue weighted by atomic mass is 16.5. The molecule has 0 aromatic heterocycles. The van der Waals surface area contributed by atoms with E-state index in [2.05, 4.69) is 5.32 Å². The molecule has 0 spiro atoms. The van der Waals surface area contributed by atoms with Crippen LogP contribution in [-0.4, -0.2) is 49.6 Å². The number of hydrogen-bond donors (Lipinski definition) is 1. The van der Waals surface area contributed by atoms with E-state index >= 15 is 0 Å². The first kappa shape index (κ1) is 18.9. The quantitative estimate of drug-likeness (QED) is 0.618.